The van der Waals surface area contributed by atoms with E-state index in [9.17, 15) is 14.4 Å². The van der Waals surface area contributed by atoms with Crippen LogP contribution in [0.2, 0.25) is 0 Å². The van der Waals surface area contributed by atoms with Gasteiger partial charge in [-0.2, -0.15) is 5.10 Å². The molecule has 0 radical (unpaired) electrons. The zero-order valence-electron chi connectivity index (χ0n) is 21.5. The van der Waals surface area contributed by atoms with Crippen molar-refractivity contribution in [3.63, 3.8) is 0 Å². The highest BCUT2D eigenvalue weighted by atomic mass is 16.6. The van der Waals surface area contributed by atoms with Crippen LogP contribution >= 0.6 is 0 Å². The molecule has 0 saturated heterocycles. The van der Waals surface area contributed by atoms with Gasteiger partial charge >= 0.3 is 17.8 Å². The number of benzene rings is 3. The molecule has 0 atom stereocenters. The highest BCUT2D eigenvalue weighted by Gasteiger charge is 2.17. The van der Waals surface area contributed by atoms with Gasteiger partial charge in [-0.05, 0) is 55.5 Å². The molecule has 0 saturated carbocycles. The first-order valence-corrected chi connectivity index (χ1v) is 11.2. The topological polar surface area (TPSA) is 134 Å². The van der Waals surface area contributed by atoms with Gasteiger partial charge in [0.1, 0.15) is 17.2 Å². The van der Waals surface area contributed by atoms with Crippen molar-refractivity contribution < 1.29 is 38.1 Å². The summed E-state index contributed by atoms with van der Waals surface area (Å²) in [6.07, 6.45) is 0. The van der Waals surface area contributed by atoms with Crippen molar-refractivity contribution in [1.82, 2.24) is 5.43 Å². The van der Waals surface area contributed by atoms with Crippen LogP contribution < -0.4 is 34.4 Å². The van der Waals surface area contributed by atoms with E-state index in [2.05, 4.69) is 15.8 Å². The maximum absolute atomic E-state index is 12.6. The molecule has 2 N–H and O–H groups in total. The second-order valence-electron chi connectivity index (χ2n) is 7.65. The summed E-state index contributed by atoms with van der Waals surface area (Å²) in [6, 6.07) is 16.0. The average molecular weight is 522 g/mol. The van der Waals surface area contributed by atoms with Gasteiger partial charge < -0.3 is 29.0 Å². The number of carbonyl (C=O) groups excluding carboxylic acids is 3. The molecule has 3 rings (SSSR count). The van der Waals surface area contributed by atoms with Crippen molar-refractivity contribution in [2.75, 3.05) is 33.8 Å². The van der Waals surface area contributed by atoms with E-state index in [0.717, 1.165) is 0 Å². The number of carbonyl (C=O) groups is 3. The number of nitrogens with one attached hydrogen (secondary N) is 2. The number of esters is 1. The van der Waals surface area contributed by atoms with Gasteiger partial charge in [0.25, 0.3) is 0 Å². The van der Waals surface area contributed by atoms with Crippen LogP contribution in [0.15, 0.2) is 65.8 Å². The monoisotopic (exact) mass is 521 g/mol. The van der Waals surface area contributed by atoms with E-state index >= 15 is 0 Å². The Morgan fingerprint density at radius 3 is 2.08 bits per heavy atom. The molecule has 0 fully saturated rings. The third-order valence-corrected chi connectivity index (χ3v) is 5.28. The van der Waals surface area contributed by atoms with Crippen molar-refractivity contribution in [1.29, 1.82) is 0 Å². The maximum atomic E-state index is 12.6. The molecular formula is C27H27N3O8. The molecule has 0 aliphatic heterocycles. The van der Waals surface area contributed by atoms with E-state index in [4.69, 9.17) is 23.7 Å². The zero-order chi connectivity index (χ0) is 27.7. The van der Waals surface area contributed by atoms with E-state index in [1.807, 2.05) is 0 Å². The van der Waals surface area contributed by atoms with Gasteiger partial charge in [0.15, 0.2) is 11.5 Å². The van der Waals surface area contributed by atoms with Gasteiger partial charge in [-0.25, -0.2) is 10.2 Å². The predicted octanol–water partition coefficient (Wildman–Crippen LogP) is 3.42. The van der Waals surface area contributed by atoms with Gasteiger partial charge in [-0.1, -0.05) is 6.07 Å². The quantitative estimate of drug-likeness (QED) is 0.144. The van der Waals surface area contributed by atoms with Crippen LogP contribution in [0, 0.1) is 0 Å². The lowest BCUT2D eigenvalue weighted by Gasteiger charge is -2.12. The molecule has 0 aliphatic rings. The summed E-state index contributed by atoms with van der Waals surface area (Å²) in [5.41, 5.74) is 3.74. The Hall–Kier alpha value is -5.06. The molecule has 0 heterocycles. The lowest BCUT2D eigenvalue weighted by Crippen LogP contribution is -2.33. The van der Waals surface area contributed by atoms with E-state index in [1.54, 1.807) is 61.5 Å². The van der Waals surface area contributed by atoms with Crippen molar-refractivity contribution in [2.45, 2.75) is 6.92 Å². The molecule has 0 spiro atoms. The van der Waals surface area contributed by atoms with E-state index < -0.39 is 17.8 Å². The van der Waals surface area contributed by atoms with Crippen LogP contribution in [0.5, 0.6) is 28.7 Å². The minimum Gasteiger partial charge on any atom is -0.497 e. The van der Waals surface area contributed by atoms with E-state index in [0.29, 0.717) is 34.1 Å². The predicted molar refractivity (Wildman–Crippen MR) is 139 cm³/mol. The van der Waals surface area contributed by atoms with E-state index in [1.165, 1.54) is 34.5 Å². The molecule has 0 aromatic heterocycles. The first-order valence-electron chi connectivity index (χ1n) is 11.2. The summed E-state index contributed by atoms with van der Waals surface area (Å²) >= 11 is 0. The number of hydrogen-bond acceptors (Lipinski definition) is 9. The number of hydrogen-bond donors (Lipinski definition) is 2. The summed E-state index contributed by atoms with van der Waals surface area (Å²) in [7, 11) is 5.85. The fourth-order valence-electron chi connectivity index (χ4n) is 3.22. The first-order chi connectivity index (χ1) is 18.3. The molecule has 0 aliphatic carbocycles. The number of rotatable bonds is 9. The summed E-state index contributed by atoms with van der Waals surface area (Å²) in [6.45, 7) is 1.63. The van der Waals surface area contributed by atoms with Crippen LogP contribution in [-0.4, -0.2) is 51.9 Å². The number of amides is 2. The fourth-order valence-corrected chi connectivity index (χ4v) is 3.22. The Balaban J connectivity index is 1.67. The number of anilines is 1. The Morgan fingerprint density at radius 2 is 1.39 bits per heavy atom. The summed E-state index contributed by atoms with van der Waals surface area (Å²) in [4.78, 5) is 37.2. The highest BCUT2D eigenvalue weighted by Crippen LogP contribution is 2.30. The normalized spacial score (nSPS) is 10.7. The van der Waals surface area contributed by atoms with Gasteiger partial charge in [-0.3, -0.25) is 9.59 Å². The van der Waals surface area contributed by atoms with Crippen molar-refractivity contribution in [3.05, 3.63) is 71.8 Å². The maximum Gasteiger partial charge on any atom is 0.343 e. The summed E-state index contributed by atoms with van der Waals surface area (Å²) in [5.74, 6) is -0.691. The molecule has 0 bridgehead atoms. The lowest BCUT2D eigenvalue weighted by molar-refractivity contribution is -0.136. The van der Waals surface area contributed by atoms with Crippen LogP contribution in [0.3, 0.4) is 0 Å². The molecule has 11 nitrogen and oxygen atoms in total. The Bertz CT molecular complexity index is 1370. The number of hydrazone groups is 1. The molecule has 2 amide bonds. The number of methoxy groups -OCH3 is 4. The van der Waals surface area contributed by atoms with Crippen molar-refractivity contribution in [2.24, 2.45) is 5.10 Å². The SMILES string of the molecule is COc1cccc(C(=O)Oc2ccc(C(C)=NNC(=O)C(=O)Nc3ccc(OC)cc3OC)cc2OC)c1. The largest absolute Gasteiger partial charge is 0.497 e. The summed E-state index contributed by atoms with van der Waals surface area (Å²) < 4.78 is 26.3. The molecular weight excluding hydrogens is 494 g/mol. The standard InChI is InChI=1S/C27H27N3O8/c1-16(29-30-26(32)25(31)28-21-11-10-20(35-3)15-23(21)36-4)17-9-12-22(24(14-17)37-5)38-27(33)18-7-6-8-19(13-18)34-2/h6-15H,1-5H3,(H,28,31)(H,30,32). The lowest BCUT2D eigenvalue weighted by atomic mass is 10.1. The third-order valence-electron chi connectivity index (χ3n) is 5.28. The Morgan fingerprint density at radius 1 is 0.684 bits per heavy atom. The minimum atomic E-state index is -0.988. The second kappa shape index (κ2) is 12.8. The number of nitrogens with zero attached hydrogens (tertiary/aromatic N) is 1. The van der Waals surface area contributed by atoms with Gasteiger partial charge in [-0.15, -0.1) is 0 Å². The van der Waals surface area contributed by atoms with Crippen LogP contribution in [-0.2, 0) is 9.59 Å². The second-order valence-corrected chi connectivity index (χ2v) is 7.65. The first kappa shape index (κ1) is 27.5. The highest BCUT2D eigenvalue weighted by molar-refractivity contribution is 6.39. The zero-order valence-corrected chi connectivity index (χ0v) is 21.5. The van der Waals surface area contributed by atoms with Gasteiger partial charge in [0, 0.05) is 11.6 Å². The molecule has 198 valence electrons. The van der Waals surface area contributed by atoms with Crippen molar-refractivity contribution in [3.8, 4) is 28.7 Å². The molecule has 11 heteroatoms. The van der Waals surface area contributed by atoms with Gasteiger partial charge in [0.2, 0.25) is 0 Å². The van der Waals surface area contributed by atoms with E-state index in [-0.39, 0.29) is 17.2 Å². The molecule has 38 heavy (non-hydrogen) atoms. The van der Waals surface area contributed by atoms with Gasteiger partial charge in [0.05, 0.1) is 45.4 Å². The average Bonchev–Trinajstić information content (AvgIpc) is 2.95. The van der Waals surface area contributed by atoms with Crippen LogP contribution in [0.25, 0.3) is 0 Å². The fraction of sp³-hybridized carbons (Fsp3) is 0.185. The van der Waals surface area contributed by atoms with Crippen LogP contribution in [0.4, 0.5) is 5.69 Å². The third kappa shape index (κ3) is 6.78. The summed E-state index contributed by atoms with van der Waals surface area (Å²) in [5, 5.41) is 6.45. The minimum absolute atomic E-state index is 0.189. The molecule has 3 aromatic carbocycles. The van der Waals surface area contributed by atoms with Crippen molar-refractivity contribution >= 4 is 29.2 Å². The Kier molecular flexibility index (Phi) is 9.25. The molecule has 0 unspecified atom stereocenters. The number of ether oxygens (including phenoxy) is 5. The molecule has 3 aromatic rings. The Labute approximate surface area is 219 Å². The van der Waals surface area contributed by atoms with Crippen LogP contribution in [0.1, 0.15) is 22.8 Å². The smallest absolute Gasteiger partial charge is 0.343 e.